The van der Waals surface area contributed by atoms with E-state index in [-0.39, 0.29) is 24.5 Å². The number of nitrogens with two attached hydrogens (primary N) is 1. The molecule has 2 amide bonds. The molecule has 0 spiro atoms. The lowest BCUT2D eigenvalue weighted by molar-refractivity contribution is -0.133. The number of amides is 2. The van der Waals surface area contributed by atoms with Gasteiger partial charge in [-0.3, -0.25) is 9.59 Å². The number of hydrogen-bond acceptors (Lipinski definition) is 4. The lowest BCUT2D eigenvalue weighted by Crippen LogP contribution is -2.50. The maximum atomic E-state index is 14.3. The summed E-state index contributed by atoms with van der Waals surface area (Å²) in [4.78, 5) is 25.2. The Morgan fingerprint density at radius 2 is 1.96 bits per heavy atom. The van der Waals surface area contributed by atoms with E-state index in [0.29, 0.717) is 12.3 Å². The van der Waals surface area contributed by atoms with Crippen LogP contribution in [0, 0.1) is 5.82 Å². The summed E-state index contributed by atoms with van der Waals surface area (Å²) in [6, 6.07) is 10.9. The van der Waals surface area contributed by atoms with Crippen molar-refractivity contribution in [3.05, 3.63) is 58.3 Å². The van der Waals surface area contributed by atoms with Crippen molar-refractivity contribution in [1.82, 2.24) is 4.90 Å². The fourth-order valence-electron chi connectivity index (χ4n) is 2.53. The van der Waals surface area contributed by atoms with E-state index in [0.717, 1.165) is 10.5 Å². The van der Waals surface area contributed by atoms with E-state index in [1.165, 1.54) is 17.0 Å². The van der Waals surface area contributed by atoms with E-state index in [1.54, 1.807) is 24.3 Å². The summed E-state index contributed by atoms with van der Waals surface area (Å²) in [7, 11) is 0. The van der Waals surface area contributed by atoms with Gasteiger partial charge in [0.05, 0.1) is 13.2 Å². The average Bonchev–Trinajstić information content (AvgIpc) is 2.64. The van der Waals surface area contributed by atoms with E-state index in [1.807, 2.05) is 0 Å². The highest BCUT2D eigenvalue weighted by atomic mass is 79.9. The Hall–Kier alpha value is -2.45. The van der Waals surface area contributed by atoms with Gasteiger partial charge in [0.2, 0.25) is 5.91 Å². The van der Waals surface area contributed by atoms with Crippen LogP contribution < -0.4 is 10.5 Å². The van der Waals surface area contributed by atoms with Crippen molar-refractivity contribution in [2.24, 2.45) is 5.73 Å². The summed E-state index contributed by atoms with van der Waals surface area (Å²) >= 11 is 3.31. The molecule has 0 bridgehead atoms. The molecule has 1 atom stereocenters. The highest BCUT2D eigenvalue weighted by molar-refractivity contribution is 9.10. The molecule has 3 rings (SSSR count). The molecule has 2 aromatic rings. The number of carbonyl (C=O) groups excluding carboxylic acids is 2. The Morgan fingerprint density at radius 3 is 2.62 bits per heavy atom. The molecule has 1 aliphatic heterocycles. The predicted octanol–water partition coefficient (Wildman–Crippen LogP) is 2.71. The highest BCUT2D eigenvalue weighted by Gasteiger charge is 2.28. The van der Waals surface area contributed by atoms with Crippen LogP contribution >= 0.6 is 15.9 Å². The van der Waals surface area contributed by atoms with E-state index in [9.17, 15) is 14.0 Å². The lowest BCUT2D eigenvalue weighted by atomic mass is 10.1. The van der Waals surface area contributed by atoms with Crippen LogP contribution in [-0.2, 0) is 9.53 Å². The van der Waals surface area contributed by atoms with Crippen molar-refractivity contribution in [3.8, 4) is 11.5 Å². The molecule has 1 heterocycles. The molecule has 0 saturated carbocycles. The molecule has 1 fully saturated rings. The van der Waals surface area contributed by atoms with E-state index in [4.69, 9.17) is 15.2 Å². The molecule has 1 saturated heterocycles. The van der Waals surface area contributed by atoms with Crippen LogP contribution in [0.2, 0.25) is 0 Å². The van der Waals surface area contributed by atoms with Crippen molar-refractivity contribution in [2.45, 2.75) is 6.10 Å². The second-order valence-corrected chi connectivity index (χ2v) is 6.63. The monoisotopic (exact) mass is 422 g/mol. The van der Waals surface area contributed by atoms with Crippen LogP contribution in [0.5, 0.6) is 11.5 Å². The minimum atomic E-state index is -0.849. The second-order valence-electron chi connectivity index (χ2n) is 5.71. The van der Waals surface area contributed by atoms with Crippen molar-refractivity contribution in [3.63, 3.8) is 0 Å². The molecular weight excluding hydrogens is 407 g/mol. The smallest absolute Gasteiger partial charge is 0.254 e. The summed E-state index contributed by atoms with van der Waals surface area (Å²) in [6.45, 7) is 0.556. The van der Waals surface area contributed by atoms with E-state index in [2.05, 4.69) is 15.9 Å². The van der Waals surface area contributed by atoms with Crippen molar-refractivity contribution < 1.29 is 23.5 Å². The fraction of sp³-hybridized carbons (Fsp3) is 0.222. The Balaban J connectivity index is 1.73. The number of primary amides is 1. The number of rotatable bonds is 4. The van der Waals surface area contributed by atoms with E-state index < -0.39 is 23.7 Å². The van der Waals surface area contributed by atoms with E-state index >= 15 is 0 Å². The number of carbonyl (C=O) groups is 2. The van der Waals surface area contributed by atoms with Crippen molar-refractivity contribution in [1.29, 1.82) is 0 Å². The van der Waals surface area contributed by atoms with Crippen LogP contribution in [0.1, 0.15) is 10.4 Å². The van der Waals surface area contributed by atoms with Crippen LogP contribution in [0.4, 0.5) is 4.39 Å². The van der Waals surface area contributed by atoms with Crippen LogP contribution in [0.15, 0.2) is 46.9 Å². The maximum Gasteiger partial charge on any atom is 0.254 e. The first kappa shape index (κ1) is 18.3. The second kappa shape index (κ2) is 7.84. The molecule has 2 aromatic carbocycles. The zero-order valence-corrected chi connectivity index (χ0v) is 15.2. The molecule has 8 heteroatoms. The third kappa shape index (κ3) is 4.20. The maximum absolute atomic E-state index is 14.3. The molecule has 1 aliphatic rings. The Kier molecular flexibility index (Phi) is 5.53. The van der Waals surface area contributed by atoms with Gasteiger partial charge in [0.15, 0.2) is 17.7 Å². The lowest BCUT2D eigenvalue weighted by Gasteiger charge is -2.31. The zero-order chi connectivity index (χ0) is 18.7. The minimum Gasteiger partial charge on any atom is -0.454 e. The standard InChI is InChI=1S/C18H16BrFN2O4/c19-12-2-4-13(5-3-12)26-15-6-1-11(9-14(15)20)18(24)22-7-8-25-16(10-22)17(21)23/h1-6,9,16H,7-8,10H2,(H2,21,23)/t16-/m0/s1. The number of hydrogen-bond donors (Lipinski definition) is 1. The van der Waals surface area contributed by atoms with Gasteiger partial charge in [0.1, 0.15) is 5.75 Å². The summed E-state index contributed by atoms with van der Waals surface area (Å²) in [5.74, 6) is -1.19. The highest BCUT2D eigenvalue weighted by Crippen LogP contribution is 2.27. The van der Waals surface area contributed by atoms with Gasteiger partial charge < -0.3 is 20.1 Å². The zero-order valence-electron chi connectivity index (χ0n) is 13.7. The number of morpholine rings is 1. The molecule has 0 unspecified atom stereocenters. The number of halogens is 2. The summed E-state index contributed by atoms with van der Waals surface area (Å²) < 4.78 is 25.9. The van der Waals surface area contributed by atoms with Gasteiger partial charge in [0.25, 0.3) is 5.91 Å². The summed E-state index contributed by atoms with van der Waals surface area (Å²) in [5, 5.41) is 0. The first-order valence-corrected chi connectivity index (χ1v) is 8.66. The van der Waals surface area contributed by atoms with Crippen molar-refractivity contribution >= 4 is 27.7 Å². The number of nitrogens with zero attached hydrogens (tertiary/aromatic N) is 1. The molecule has 2 N–H and O–H groups in total. The van der Waals surface area contributed by atoms with Gasteiger partial charge >= 0.3 is 0 Å². The molecular formula is C18H16BrFN2O4. The minimum absolute atomic E-state index is 0.0147. The Bertz CT molecular complexity index is 828. The molecule has 0 aliphatic carbocycles. The van der Waals surface area contributed by atoms with Gasteiger partial charge in [-0.25, -0.2) is 4.39 Å². The predicted molar refractivity (Wildman–Crippen MR) is 95.5 cm³/mol. The quantitative estimate of drug-likeness (QED) is 0.820. The number of benzene rings is 2. The van der Waals surface area contributed by atoms with Gasteiger partial charge in [-0.15, -0.1) is 0 Å². The molecule has 0 aromatic heterocycles. The summed E-state index contributed by atoms with van der Waals surface area (Å²) in [6.07, 6.45) is -0.849. The molecule has 0 radical (unpaired) electrons. The van der Waals surface area contributed by atoms with Crippen LogP contribution in [-0.4, -0.2) is 42.5 Å². The largest absolute Gasteiger partial charge is 0.454 e. The first-order valence-electron chi connectivity index (χ1n) is 7.87. The Labute approximate surface area is 157 Å². The van der Waals surface area contributed by atoms with Gasteiger partial charge in [-0.2, -0.15) is 0 Å². The molecule has 26 heavy (non-hydrogen) atoms. The third-order valence-corrected chi connectivity index (χ3v) is 4.42. The number of ether oxygens (including phenoxy) is 2. The summed E-state index contributed by atoms with van der Waals surface area (Å²) in [5.41, 5.74) is 5.38. The van der Waals surface area contributed by atoms with Crippen molar-refractivity contribution in [2.75, 3.05) is 19.7 Å². The van der Waals surface area contributed by atoms with Crippen LogP contribution in [0.3, 0.4) is 0 Å². The van der Waals surface area contributed by atoms with Gasteiger partial charge in [-0.05, 0) is 42.5 Å². The Morgan fingerprint density at radius 1 is 1.23 bits per heavy atom. The van der Waals surface area contributed by atoms with Gasteiger partial charge in [0, 0.05) is 16.6 Å². The average molecular weight is 423 g/mol. The van der Waals surface area contributed by atoms with Crippen LogP contribution in [0.25, 0.3) is 0 Å². The topological polar surface area (TPSA) is 81.9 Å². The molecule has 6 nitrogen and oxygen atoms in total. The first-order chi connectivity index (χ1) is 12.4. The molecule has 136 valence electrons. The third-order valence-electron chi connectivity index (χ3n) is 3.89. The fourth-order valence-corrected chi connectivity index (χ4v) is 2.80. The normalized spacial score (nSPS) is 17.0. The SMILES string of the molecule is NC(=O)[C@@H]1CN(C(=O)c2ccc(Oc3ccc(Br)cc3)c(F)c2)CCO1. The van der Waals surface area contributed by atoms with Gasteiger partial charge in [-0.1, -0.05) is 15.9 Å².